The molecule has 0 amide bonds. The van der Waals surface area contributed by atoms with Gasteiger partial charge in [0, 0.05) is 6.04 Å². The molecule has 1 atom stereocenters. The van der Waals surface area contributed by atoms with Crippen molar-refractivity contribution in [1.82, 2.24) is 5.32 Å². The molecule has 16 heavy (non-hydrogen) atoms. The smallest absolute Gasteiger partial charge is 0.123 e. The molecule has 2 rings (SSSR count). The first kappa shape index (κ1) is 10.9. The molecule has 0 radical (unpaired) electrons. The Kier molecular flexibility index (Phi) is 3.37. The second-order valence-corrected chi connectivity index (χ2v) is 3.73. The van der Waals surface area contributed by atoms with Crippen molar-refractivity contribution >= 4 is 0 Å². The van der Waals surface area contributed by atoms with Crippen LogP contribution in [0.4, 0.5) is 4.39 Å². The summed E-state index contributed by atoms with van der Waals surface area (Å²) in [7, 11) is 0. The van der Waals surface area contributed by atoms with Gasteiger partial charge in [-0.1, -0.05) is 12.1 Å². The molecule has 0 spiro atoms. The van der Waals surface area contributed by atoms with Crippen LogP contribution in [0.15, 0.2) is 47.1 Å². The largest absolute Gasteiger partial charge is 0.468 e. The van der Waals surface area contributed by atoms with Crippen LogP contribution in [-0.4, -0.2) is 0 Å². The zero-order chi connectivity index (χ0) is 11.4. The van der Waals surface area contributed by atoms with Gasteiger partial charge in [-0.05, 0) is 36.8 Å². The summed E-state index contributed by atoms with van der Waals surface area (Å²) in [6.45, 7) is 2.71. The van der Waals surface area contributed by atoms with Gasteiger partial charge in [0.05, 0.1) is 12.8 Å². The Morgan fingerprint density at radius 2 is 2.00 bits per heavy atom. The second kappa shape index (κ2) is 4.94. The van der Waals surface area contributed by atoms with Crippen molar-refractivity contribution in [2.24, 2.45) is 0 Å². The summed E-state index contributed by atoms with van der Waals surface area (Å²) in [6, 6.07) is 10.5. The lowest BCUT2D eigenvalue weighted by molar-refractivity contribution is 0.460. The number of nitrogens with one attached hydrogen (secondary N) is 1. The minimum Gasteiger partial charge on any atom is -0.468 e. The lowest BCUT2D eigenvalue weighted by atomic mass is 10.1. The van der Waals surface area contributed by atoms with E-state index in [1.807, 2.05) is 19.1 Å². The Bertz CT molecular complexity index is 422. The molecule has 84 valence electrons. The SMILES string of the molecule is CC(NCc1ccco1)c1ccc(F)cc1. The van der Waals surface area contributed by atoms with Crippen molar-refractivity contribution in [3.05, 3.63) is 59.8 Å². The first-order chi connectivity index (χ1) is 7.75. The second-order valence-electron chi connectivity index (χ2n) is 3.73. The van der Waals surface area contributed by atoms with Crippen molar-refractivity contribution in [3.8, 4) is 0 Å². The van der Waals surface area contributed by atoms with Crippen molar-refractivity contribution in [1.29, 1.82) is 0 Å². The number of benzene rings is 1. The van der Waals surface area contributed by atoms with Crippen molar-refractivity contribution in [2.45, 2.75) is 19.5 Å². The molecule has 1 heterocycles. The van der Waals surface area contributed by atoms with Crippen LogP contribution in [0.1, 0.15) is 24.3 Å². The topological polar surface area (TPSA) is 25.2 Å². The average molecular weight is 219 g/mol. The van der Waals surface area contributed by atoms with E-state index in [1.54, 1.807) is 18.4 Å². The molecule has 0 bridgehead atoms. The van der Waals surface area contributed by atoms with Crippen LogP contribution in [0.3, 0.4) is 0 Å². The molecular weight excluding hydrogens is 205 g/mol. The highest BCUT2D eigenvalue weighted by Crippen LogP contribution is 2.13. The Morgan fingerprint density at radius 1 is 1.25 bits per heavy atom. The molecule has 0 aliphatic heterocycles. The summed E-state index contributed by atoms with van der Waals surface area (Å²) < 4.78 is 17.9. The summed E-state index contributed by atoms with van der Waals surface area (Å²) in [5, 5.41) is 3.30. The van der Waals surface area contributed by atoms with Gasteiger partial charge in [0.25, 0.3) is 0 Å². The van der Waals surface area contributed by atoms with Gasteiger partial charge in [-0.2, -0.15) is 0 Å². The summed E-state index contributed by atoms with van der Waals surface area (Å²) in [4.78, 5) is 0. The first-order valence-electron chi connectivity index (χ1n) is 5.27. The Labute approximate surface area is 94.1 Å². The van der Waals surface area contributed by atoms with Crippen LogP contribution < -0.4 is 5.32 Å². The van der Waals surface area contributed by atoms with Gasteiger partial charge in [0.15, 0.2) is 0 Å². The van der Waals surface area contributed by atoms with Crippen LogP contribution >= 0.6 is 0 Å². The number of hydrogen-bond acceptors (Lipinski definition) is 2. The standard InChI is InChI=1S/C13H14FNO/c1-10(11-4-6-12(14)7-5-11)15-9-13-3-2-8-16-13/h2-8,10,15H,9H2,1H3. The van der Waals surface area contributed by atoms with E-state index in [-0.39, 0.29) is 11.9 Å². The van der Waals surface area contributed by atoms with E-state index in [4.69, 9.17) is 4.42 Å². The average Bonchev–Trinajstić information content (AvgIpc) is 2.80. The predicted molar refractivity (Wildman–Crippen MR) is 60.4 cm³/mol. The fourth-order valence-electron chi connectivity index (χ4n) is 1.54. The quantitative estimate of drug-likeness (QED) is 0.853. The zero-order valence-electron chi connectivity index (χ0n) is 9.11. The Hall–Kier alpha value is -1.61. The van der Waals surface area contributed by atoms with Crippen molar-refractivity contribution < 1.29 is 8.81 Å². The predicted octanol–water partition coefficient (Wildman–Crippen LogP) is 3.27. The molecular formula is C13H14FNO. The monoisotopic (exact) mass is 219 g/mol. The first-order valence-corrected chi connectivity index (χ1v) is 5.27. The normalized spacial score (nSPS) is 12.6. The van der Waals surface area contributed by atoms with Crippen LogP contribution in [0.25, 0.3) is 0 Å². The minimum absolute atomic E-state index is 0.172. The third-order valence-corrected chi connectivity index (χ3v) is 2.53. The molecule has 1 N–H and O–H groups in total. The fraction of sp³-hybridized carbons (Fsp3) is 0.231. The summed E-state index contributed by atoms with van der Waals surface area (Å²) >= 11 is 0. The van der Waals surface area contributed by atoms with E-state index >= 15 is 0 Å². The highest BCUT2D eigenvalue weighted by molar-refractivity contribution is 5.19. The third-order valence-electron chi connectivity index (χ3n) is 2.53. The lowest BCUT2D eigenvalue weighted by Crippen LogP contribution is -2.17. The zero-order valence-corrected chi connectivity index (χ0v) is 9.11. The van der Waals surface area contributed by atoms with Crippen molar-refractivity contribution in [2.75, 3.05) is 0 Å². The van der Waals surface area contributed by atoms with E-state index in [0.29, 0.717) is 6.54 Å². The van der Waals surface area contributed by atoms with Crippen molar-refractivity contribution in [3.63, 3.8) is 0 Å². The molecule has 3 heteroatoms. The Morgan fingerprint density at radius 3 is 2.62 bits per heavy atom. The number of halogens is 1. The maximum atomic E-state index is 12.7. The molecule has 1 aromatic heterocycles. The molecule has 2 aromatic rings. The van der Waals surface area contributed by atoms with E-state index in [1.165, 1.54) is 12.1 Å². The van der Waals surface area contributed by atoms with Gasteiger partial charge in [-0.25, -0.2) is 4.39 Å². The molecule has 0 fully saturated rings. The lowest BCUT2D eigenvalue weighted by Gasteiger charge is -2.12. The van der Waals surface area contributed by atoms with Gasteiger partial charge in [0.1, 0.15) is 11.6 Å². The number of rotatable bonds is 4. The van der Waals surface area contributed by atoms with E-state index < -0.39 is 0 Å². The third kappa shape index (κ3) is 2.70. The summed E-state index contributed by atoms with van der Waals surface area (Å²) in [6.07, 6.45) is 1.65. The molecule has 0 aliphatic rings. The van der Waals surface area contributed by atoms with Gasteiger partial charge >= 0.3 is 0 Å². The summed E-state index contributed by atoms with van der Waals surface area (Å²) in [5.41, 5.74) is 1.06. The molecule has 2 nitrogen and oxygen atoms in total. The highest BCUT2D eigenvalue weighted by Gasteiger charge is 2.05. The van der Waals surface area contributed by atoms with Gasteiger partial charge in [-0.15, -0.1) is 0 Å². The van der Waals surface area contributed by atoms with E-state index in [0.717, 1.165) is 11.3 Å². The number of hydrogen-bond donors (Lipinski definition) is 1. The molecule has 1 unspecified atom stereocenters. The minimum atomic E-state index is -0.206. The van der Waals surface area contributed by atoms with Gasteiger partial charge in [0.2, 0.25) is 0 Å². The van der Waals surface area contributed by atoms with E-state index in [9.17, 15) is 4.39 Å². The van der Waals surface area contributed by atoms with E-state index in [2.05, 4.69) is 5.32 Å². The molecule has 0 saturated heterocycles. The maximum Gasteiger partial charge on any atom is 0.123 e. The van der Waals surface area contributed by atoms with Crippen LogP contribution in [-0.2, 0) is 6.54 Å². The molecule has 0 saturated carbocycles. The van der Waals surface area contributed by atoms with Crippen LogP contribution in [0, 0.1) is 5.82 Å². The maximum absolute atomic E-state index is 12.7. The Balaban J connectivity index is 1.93. The molecule has 0 aliphatic carbocycles. The van der Waals surface area contributed by atoms with Gasteiger partial charge in [-0.3, -0.25) is 0 Å². The van der Waals surface area contributed by atoms with Crippen LogP contribution in [0.2, 0.25) is 0 Å². The van der Waals surface area contributed by atoms with Crippen LogP contribution in [0.5, 0.6) is 0 Å². The van der Waals surface area contributed by atoms with Gasteiger partial charge < -0.3 is 9.73 Å². The highest BCUT2D eigenvalue weighted by atomic mass is 19.1. The fourth-order valence-corrected chi connectivity index (χ4v) is 1.54. The number of furan rings is 1. The molecule has 1 aromatic carbocycles. The summed E-state index contributed by atoms with van der Waals surface area (Å²) in [5.74, 6) is 0.691.